The van der Waals surface area contributed by atoms with Gasteiger partial charge in [-0.05, 0) is 58.2 Å². The second-order valence-corrected chi connectivity index (χ2v) is 12.0. The van der Waals surface area contributed by atoms with Crippen LogP contribution in [-0.4, -0.2) is 76.1 Å². The molecule has 9 nitrogen and oxygen atoms in total. The number of amides is 2. The van der Waals surface area contributed by atoms with Crippen molar-refractivity contribution in [3.63, 3.8) is 0 Å². The lowest BCUT2D eigenvalue weighted by molar-refractivity contribution is -0.137. The van der Waals surface area contributed by atoms with Crippen molar-refractivity contribution < 1.29 is 14.3 Å². The zero-order valence-electron chi connectivity index (χ0n) is 22.2. The number of nitrogens with zero attached hydrogens (tertiary/aromatic N) is 5. The first-order valence-corrected chi connectivity index (χ1v) is 13.7. The molecule has 2 aliphatic rings. The third-order valence-corrected chi connectivity index (χ3v) is 7.56. The van der Waals surface area contributed by atoms with Crippen LogP contribution >= 0.6 is 34.8 Å². The number of hydrogen-bond acceptors (Lipinski definition) is 7. The average Bonchev–Trinajstić information content (AvgIpc) is 3.28. The lowest BCUT2D eigenvalue weighted by Gasteiger charge is -2.45. The highest BCUT2D eigenvalue weighted by molar-refractivity contribution is 6.35. The van der Waals surface area contributed by atoms with E-state index in [2.05, 4.69) is 15.3 Å². The summed E-state index contributed by atoms with van der Waals surface area (Å²) in [6.45, 7) is 9.07. The summed E-state index contributed by atoms with van der Waals surface area (Å²) in [4.78, 5) is 40.2. The minimum absolute atomic E-state index is 0.0222. The molecule has 0 bridgehead atoms. The van der Waals surface area contributed by atoms with Crippen LogP contribution in [0.15, 0.2) is 24.4 Å². The first kappa shape index (κ1) is 28.5. The molecule has 0 radical (unpaired) electrons. The number of nitrogens with one attached hydrogen (secondary N) is 1. The van der Waals surface area contributed by atoms with Crippen molar-refractivity contribution >= 4 is 58.6 Å². The van der Waals surface area contributed by atoms with Crippen LogP contribution in [0.3, 0.4) is 0 Å². The van der Waals surface area contributed by atoms with Gasteiger partial charge in [-0.15, -0.1) is 0 Å². The Labute approximate surface area is 238 Å². The molecule has 0 unspecified atom stereocenters. The van der Waals surface area contributed by atoms with Gasteiger partial charge in [-0.1, -0.05) is 40.9 Å². The smallest absolute Gasteiger partial charge is 0.410 e. The fourth-order valence-corrected chi connectivity index (χ4v) is 5.31. The number of benzene rings is 1. The van der Waals surface area contributed by atoms with Crippen LogP contribution in [0.2, 0.25) is 15.1 Å². The van der Waals surface area contributed by atoms with Crippen molar-refractivity contribution in [2.75, 3.05) is 36.9 Å². The molecule has 38 heavy (non-hydrogen) atoms. The maximum atomic E-state index is 13.3. The number of ether oxygens (including phenoxy) is 1. The fourth-order valence-electron chi connectivity index (χ4n) is 4.59. The van der Waals surface area contributed by atoms with E-state index in [1.165, 1.54) is 0 Å². The molecule has 206 valence electrons. The maximum Gasteiger partial charge on any atom is 0.410 e. The zero-order valence-corrected chi connectivity index (χ0v) is 24.4. The highest BCUT2D eigenvalue weighted by atomic mass is 35.5. The largest absolute Gasteiger partial charge is 0.444 e. The molecule has 2 aliphatic heterocycles. The van der Waals surface area contributed by atoms with E-state index in [0.717, 1.165) is 12.0 Å². The molecule has 1 N–H and O–H groups in total. The number of anilines is 2. The Hall–Kier alpha value is -2.49. The Morgan fingerprint density at radius 2 is 1.89 bits per heavy atom. The van der Waals surface area contributed by atoms with E-state index in [4.69, 9.17) is 39.5 Å². The quantitative estimate of drug-likeness (QED) is 0.469. The monoisotopic (exact) mass is 582 g/mol. The molecule has 2 aromatic rings. The first-order valence-electron chi connectivity index (χ1n) is 12.6. The second-order valence-electron chi connectivity index (χ2n) is 10.7. The molecule has 2 atom stereocenters. The van der Waals surface area contributed by atoms with E-state index in [-0.39, 0.29) is 18.0 Å². The molecule has 0 aliphatic carbocycles. The van der Waals surface area contributed by atoms with Gasteiger partial charge in [0.05, 0.1) is 18.3 Å². The number of likely N-dealkylation sites (N-methyl/N-ethyl adjacent to an activating group) is 1. The second kappa shape index (κ2) is 11.3. The number of carbonyl (C=O) groups is 2. The van der Waals surface area contributed by atoms with Crippen LogP contribution < -0.4 is 10.2 Å². The summed E-state index contributed by atoms with van der Waals surface area (Å²) in [5, 5.41) is 4.80. The van der Waals surface area contributed by atoms with Gasteiger partial charge in [-0.2, -0.15) is 4.98 Å². The molecule has 1 aromatic carbocycles. The van der Waals surface area contributed by atoms with Crippen molar-refractivity contribution in [3.8, 4) is 0 Å². The SMILES string of the molecule is C[C@@H](Nc1nc(N2CC(N(C)C(=O)[C@H]3CCCN3C(=O)OC(C)(C)C)C2)ncc1Cl)c1ccc(Cl)cc1Cl. The number of rotatable bonds is 6. The number of likely N-dealkylation sites (tertiary alicyclic amines) is 1. The van der Waals surface area contributed by atoms with Gasteiger partial charge in [0.15, 0.2) is 5.82 Å². The molecular formula is C26H33Cl3N6O3. The molecule has 3 heterocycles. The van der Waals surface area contributed by atoms with Crippen LogP contribution in [0, 0.1) is 0 Å². The van der Waals surface area contributed by atoms with Gasteiger partial charge in [0.2, 0.25) is 11.9 Å². The molecule has 1 aromatic heterocycles. The highest BCUT2D eigenvalue weighted by Crippen LogP contribution is 2.32. The average molecular weight is 584 g/mol. The summed E-state index contributed by atoms with van der Waals surface area (Å²) in [5.41, 5.74) is 0.252. The summed E-state index contributed by atoms with van der Waals surface area (Å²) < 4.78 is 5.51. The Morgan fingerprint density at radius 3 is 2.55 bits per heavy atom. The summed E-state index contributed by atoms with van der Waals surface area (Å²) >= 11 is 18.8. The molecule has 0 spiro atoms. The van der Waals surface area contributed by atoms with Crippen molar-refractivity contribution in [1.82, 2.24) is 19.8 Å². The predicted octanol–water partition coefficient (Wildman–Crippen LogP) is 5.66. The van der Waals surface area contributed by atoms with Gasteiger partial charge >= 0.3 is 6.09 Å². The van der Waals surface area contributed by atoms with Crippen molar-refractivity contribution in [2.45, 2.75) is 64.3 Å². The molecule has 2 fully saturated rings. The van der Waals surface area contributed by atoms with Crippen molar-refractivity contribution in [1.29, 1.82) is 0 Å². The van der Waals surface area contributed by atoms with Gasteiger partial charge in [-0.25, -0.2) is 9.78 Å². The molecule has 4 rings (SSSR count). The standard InChI is InChI=1S/C26H33Cl3N6O3/c1-15(18-9-8-16(27)11-19(18)28)31-22-20(29)12-30-24(32-22)34-13-17(14-34)33(5)23(36)21-7-6-10-35(21)25(37)38-26(2,3)4/h8-9,11-12,15,17,21H,6-7,10,13-14H2,1-5H3,(H,30,31,32)/t15-,21-/m1/s1. The Morgan fingerprint density at radius 1 is 1.18 bits per heavy atom. The van der Waals surface area contributed by atoms with Crippen LogP contribution in [0.5, 0.6) is 0 Å². The van der Waals surface area contributed by atoms with E-state index in [1.807, 2.05) is 38.7 Å². The normalized spacial score (nSPS) is 18.7. The summed E-state index contributed by atoms with van der Waals surface area (Å²) in [6, 6.07) is 4.63. The van der Waals surface area contributed by atoms with Crippen LogP contribution in [0.25, 0.3) is 0 Å². The Kier molecular flexibility index (Phi) is 8.49. The molecule has 2 saturated heterocycles. The van der Waals surface area contributed by atoms with E-state index < -0.39 is 17.7 Å². The van der Waals surface area contributed by atoms with E-state index in [0.29, 0.717) is 52.9 Å². The summed E-state index contributed by atoms with van der Waals surface area (Å²) in [5.74, 6) is 0.924. The minimum Gasteiger partial charge on any atom is -0.444 e. The first-order chi connectivity index (χ1) is 17.8. The van der Waals surface area contributed by atoms with Crippen LogP contribution in [0.1, 0.15) is 52.1 Å². The number of carbonyl (C=O) groups excluding carboxylic acids is 2. The predicted molar refractivity (Wildman–Crippen MR) is 150 cm³/mol. The van der Waals surface area contributed by atoms with Gasteiger partial charge in [0.25, 0.3) is 0 Å². The Bertz CT molecular complexity index is 1200. The van der Waals surface area contributed by atoms with Gasteiger partial charge in [0, 0.05) is 36.7 Å². The molecule has 12 heteroatoms. The summed E-state index contributed by atoms with van der Waals surface area (Å²) in [7, 11) is 1.78. The highest BCUT2D eigenvalue weighted by Gasteiger charge is 2.42. The lowest BCUT2D eigenvalue weighted by atomic mass is 10.1. The summed E-state index contributed by atoms with van der Waals surface area (Å²) in [6.07, 6.45) is 2.51. The molecular weight excluding hydrogens is 551 g/mol. The van der Waals surface area contributed by atoms with Crippen molar-refractivity contribution in [2.24, 2.45) is 0 Å². The molecule has 2 amide bonds. The van der Waals surface area contributed by atoms with E-state index >= 15 is 0 Å². The van der Waals surface area contributed by atoms with Gasteiger partial charge < -0.3 is 19.9 Å². The Balaban J connectivity index is 1.37. The lowest BCUT2D eigenvalue weighted by Crippen LogP contribution is -2.62. The maximum absolute atomic E-state index is 13.3. The van der Waals surface area contributed by atoms with Gasteiger partial charge in [-0.3, -0.25) is 9.69 Å². The number of hydrogen-bond donors (Lipinski definition) is 1. The van der Waals surface area contributed by atoms with E-state index in [9.17, 15) is 9.59 Å². The number of halogens is 3. The van der Waals surface area contributed by atoms with Crippen molar-refractivity contribution in [3.05, 3.63) is 45.0 Å². The fraction of sp³-hybridized carbons (Fsp3) is 0.538. The third-order valence-electron chi connectivity index (χ3n) is 6.72. The minimum atomic E-state index is -0.612. The van der Waals surface area contributed by atoms with E-state index in [1.54, 1.807) is 35.2 Å². The number of aromatic nitrogens is 2. The van der Waals surface area contributed by atoms with Gasteiger partial charge in [0.1, 0.15) is 16.7 Å². The molecule has 0 saturated carbocycles. The zero-order chi connectivity index (χ0) is 27.8. The van der Waals surface area contributed by atoms with Crippen LogP contribution in [0.4, 0.5) is 16.6 Å². The topological polar surface area (TPSA) is 90.9 Å². The van der Waals surface area contributed by atoms with Crippen LogP contribution in [-0.2, 0) is 9.53 Å². The third kappa shape index (κ3) is 6.38.